The van der Waals surface area contributed by atoms with Crippen molar-refractivity contribution in [3.05, 3.63) is 64.2 Å². The SMILES string of the molecule is Cc1ccc(CN(C)c2cccc(Cl)c2CC(C)N)cc1. The number of nitrogens with two attached hydrogens (primary N) is 1. The maximum absolute atomic E-state index is 6.36. The molecule has 2 rings (SSSR count). The third kappa shape index (κ3) is 4.23. The molecule has 0 heterocycles. The number of benzene rings is 2. The minimum Gasteiger partial charge on any atom is -0.370 e. The molecule has 0 aromatic heterocycles. The summed E-state index contributed by atoms with van der Waals surface area (Å²) in [7, 11) is 2.09. The Labute approximate surface area is 132 Å². The lowest BCUT2D eigenvalue weighted by Crippen LogP contribution is -2.22. The maximum atomic E-state index is 6.36. The van der Waals surface area contributed by atoms with Crippen LogP contribution < -0.4 is 10.6 Å². The molecule has 2 aromatic carbocycles. The predicted molar refractivity (Wildman–Crippen MR) is 92.1 cm³/mol. The number of hydrogen-bond acceptors (Lipinski definition) is 2. The summed E-state index contributed by atoms with van der Waals surface area (Å²) in [4.78, 5) is 2.23. The molecule has 0 aliphatic rings. The second-order valence-electron chi connectivity index (χ2n) is 5.76. The Bertz CT molecular complexity index is 591. The topological polar surface area (TPSA) is 29.3 Å². The Morgan fingerprint density at radius 1 is 1.14 bits per heavy atom. The molecule has 0 amide bonds. The number of rotatable bonds is 5. The second kappa shape index (κ2) is 6.97. The van der Waals surface area contributed by atoms with Gasteiger partial charge in [0, 0.05) is 30.3 Å². The first kappa shape index (κ1) is 15.9. The molecule has 2 aromatic rings. The summed E-state index contributed by atoms with van der Waals surface area (Å²) in [5, 5.41) is 0.792. The van der Waals surface area contributed by atoms with Crippen molar-refractivity contribution in [1.82, 2.24) is 0 Å². The summed E-state index contributed by atoms with van der Waals surface area (Å²) >= 11 is 6.36. The zero-order valence-electron chi connectivity index (χ0n) is 12.9. The Morgan fingerprint density at radius 2 is 1.81 bits per heavy atom. The smallest absolute Gasteiger partial charge is 0.0459 e. The summed E-state index contributed by atoms with van der Waals surface area (Å²) in [6.07, 6.45) is 0.785. The van der Waals surface area contributed by atoms with E-state index in [1.165, 1.54) is 11.1 Å². The predicted octanol–water partition coefficient (Wildman–Crippen LogP) is 4.17. The molecule has 2 nitrogen and oxygen atoms in total. The van der Waals surface area contributed by atoms with Gasteiger partial charge in [0.25, 0.3) is 0 Å². The van der Waals surface area contributed by atoms with Crippen LogP contribution in [0, 0.1) is 6.92 Å². The summed E-state index contributed by atoms with van der Waals surface area (Å²) < 4.78 is 0. The van der Waals surface area contributed by atoms with Gasteiger partial charge in [0.05, 0.1) is 0 Å². The van der Waals surface area contributed by atoms with Crippen molar-refractivity contribution >= 4 is 17.3 Å². The number of halogens is 1. The average molecular weight is 303 g/mol. The van der Waals surface area contributed by atoms with E-state index in [0.717, 1.165) is 29.2 Å². The number of hydrogen-bond donors (Lipinski definition) is 1. The van der Waals surface area contributed by atoms with E-state index < -0.39 is 0 Å². The van der Waals surface area contributed by atoms with Crippen LogP contribution in [0.2, 0.25) is 5.02 Å². The lowest BCUT2D eigenvalue weighted by Gasteiger charge is -2.24. The lowest BCUT2D eigenvalue weighted by molar-refractivity contribution is 0.734. The minimum absolute atomic E-state index is 0.0939. The zero-order chi connectivity index (χ0) is 15.4. The zero-order valence-corrected chi connectivity index (χ0v) is 13.7. The van der Waals surface area contributed by atoms with Gasteiger partial charge in [-0.2, -0.15) is 0 Å². The van der Waals surface area contributed by atoms with Crippen LogP contribution in [0.25, 0.3) is 0 Å². The molecule has 21 heavy (non-hydrogen) atoms. The summed E-state index contributed by atoms with van der Waals surface area (Å²) in [5.41, 5.74) is 10.8. The van der Waals surface area contributed by atoms with Crippen molar-refractivity contribution in [3.8, 4) is 0 Å². The van der Waals surface area contributed by atoms with Crippen molar-refractivity contribution in [3.63, 3.8) is 0 Å². The van der Waals surface area contributed by atoms with Gasteiger partial charge in [-0.3, -0.25) is 0 Å². The standard InChI is InChI=1S/C18H23ClN2/c1-13-7-9-15(10-8-13)12-21(3)18-6-4-5-17(19)16(18)11-14(2)20/h4-10,14H,11-12,20H2,1-3H3. The molecule has 2 N–H and O–H groups in total. The van der Waals surface area contributed by atoms with Crippen LogP contribution in [-0.2, 0) is 13.0 Å². The van der Waals surface area contributed by atoms with Crippen molar-refractivity contribution < 1.29 is 0 Å². The van der Waals surface area contributed by atoms with Crippen LogP contribution in [-0.4, -0.2) is 13.1 Å². The Balaban J connectivity index is 2.24. The van der Waals surface area contributed by atoms with Crippen LogP contribution in [0.3, 0.4) is 0 Å². The van der Waals surface area contributed by atoms with E-state index in [4.69, 9.17) is 17.3 Å². The molecule has 0 bridgehead atoms. The van der Waals surface area contributed by atoms with Crippen molar-refractivity contribution in [1.29, 1.82) is 0 Å². The third-order valence-corrected chi connectivity index (χ3v) is 3.93. The van der Waals surface area contributed by atoms with Crippen molar-refractivity contribution in [2.24, 2.45) is 5.73 Å². The van der Waals surface area contributed by atoms with Gasteiger partial charge in [-0.15, -0.1) is 0 Å². The quantitative estimate of drug-likeness (QED) is 0.898. The largest absolute Gasteiger partial charge is 0.370 e. The summed E-state index contributed by atoms with van der Waals surface area (Å²) in [6, 6.07) is 14.8. The fourth-order valence-corrected chi connectivity index (χ4v) is 2.73. The summed E-state index contributed by atoms with van der Waals surface area (Å²) in [5.74, 6) is 0. The molecular weight excluding hydrogens is 280 g/mol. The van der Waals surface area contributed by atoms with Crippen LogP contribution in [0.15, 0.2) is 42.5 Å². The number of nitrogens with zero attached hydrogens (tertiary/aromatic N) is 1. The van der Waals surface area contributed by atoms with E-state index in [-0.39, 0.29) is 6.04 Å². The first-order valence-electron chi connectivity index (χ1n) is 7.27. The molecule has 0 radical (unpaired) electrons. The van der Waals surface area contributed by atoms with E-state index in [1.807, 2.05) is 19.1 Å². The molecule has 0 fully saturated rings. The van der Waals surface area contributed by atoms with Gasteiger partial charge in [-0.05, 0) is 43.5 Å². The molecule has 0 aliphatic carbocycles. The molecule has 3 heteroatoms. The molecule has 0 spiro atoms. The molecule has 1 atom stereocenters. The highest BCUT2D eigenvalue weighted by molar-refractivity contribution is 6.31. The van der Waals surface area contributed by atoms with Gasteiger partial charge in [-0.25, -0.2) is 0 Å². The molecule has 112 valence electrons. The Hall–Kier alpha value is -1.51. The van der Waals surface area contributed by atoms with Crippen LogP contribution in [0.4, 0.5) is 5.69 Å². The minimum atomic E-state index is 0.0939. The highest BCUT2D eigenvalue weighted by Gasteiger charge is 2.12. The van der Waals surface area contributed by atoms with Gasteiger partial charge in [0.15, 0.2) is 0 Å². The van der Waals surface area contributed by atoms with Crippen LogP contribution in [0.5, 0.6) is 0 Å². The van der Waals surface area contributed by atoms with Crippen LogP contribution >= 0.6 is 11.6 Å². The van der Waals surface area contributed by atoms with Gasteiger partial charge < -0.3 is 10.6 Å². The maximum Gasteiger partial charge on any atom is 0.0459 e. The van der Waals surface area contributed by atoms with Crippen molar-refractivity contribution in [2.45, 2.75) is 32.9 Å². The van der Waals surface area contributed by atoms with Gasteiger partial charge in [-0.1, -0.05) is 47.5 Å². The third-order valence-electron chi connectivity index (χ3n) is 3.57. The molecule has 0 saturated carbocycles. The van der Waals surface area contributed by atoms with Gasteiger partial charge in [0.1, 0.15) is 0 Å². The monoisotopic (exact) mass is 302 g/mol. The second-order valence-corrected chi connectivity index (χ2v) is 6.17. The van der Waals surface area contributed by atoms with E-state index in [0.29, 0.717) is 0 Å². The van der Waals surface area contributed by atoms with Gasteiger partial charge >= 0.3 is 0 Å². The van der Waals surface area contributed by atoms with Gasteiger partial charge in [0.2, 0.25) is 0 Å². The number of aryl methyl sites for hydroxylation is 1. The Kier molecular flexibility index (Phi) is 5.27. The van der Waals surface area contributed by atoms with E-state index in [2.05, 4.69) is 49.2 Å². The summed E-state index contributed by atoms with van der Waals surface area (Å²) in [6.45, 7) is 4.96. The first-order valence-corrected chi connectivity index (χ1v) is 7.65. The average Bonchev–Trinajstić information content (AvgIpc) is 2.43. The van der Waals surface area contributed by atoms with E-state index >= 15 is 0 Å². The molecule has 0 aliphatic heterocycles. The van der Waals surface area contributed by atoms with E-state index in [9.17, 15) is 0 Å². The normalized spacial score (nSPS) is 12.2. The fourth-order valence-electron chi connectivity index (χ4n) is 2.48. The van der Waals surface area contributed by atoms with E-state index in [1.54, 1.807) is 0 Å². The molecule has 0 saturated heterocycles. The van der Waals surface area contributed by atoms with Crippen molar-refractivity contribution in [2.75, 3.05) is 11.9 Å². The highest BCUT2D eigenvalue weighted by atomic mass is 35.5. The fraction of sp³-hybridized carbons (Fsp3) is 0.333. The first-order chi connectivity index (χ1) is 9.97. The number of anilines is 1. The lowest BCUT2D eigenvalue weighted by atomic mass is 10.0. The molecular formula is C18H23ClN2. The highest BCUT2D eigenvalue weighted by Crippen LogP contribution is 2.29. The van der Waals surface area contributed by atoms with Crippen LogP contribution in [0.1, 0.15) is 23.6 Å². The molecule has 1 unspecified atom stereocenters. The Morgan fingerprint density at radius 3 is 2.43 bits per heavy atom.